The van der Waals surface area contributed by atoms with Crippen molar-refractivity contribution in [3.63, 3.8) is 0 Å². The number of hydrogen-bond acceptors (Lipinski definition) is 7. The average Bonchev–Trinajstić information content (AvgIpc) is 3.49. The molecule has 0 radical (unpaired) electrons. The fraction of sp³-hybridized carbons (Fsp3) is 0.222. The van der Waals surface area contributed by atoms with Gasteiger partial charge in [-0.25, -0.2) is 14.8 Å². The van der Waals surface area contributed by atoms with Gasteiger partial charge < -0.3 is 14.6 Å². The predicted molar refractivity (Wildman–Crippen MR) is 178 cm³/mol. The highest BCUT2D eigenvalue weighted by atomic mass is 19.1. The lowest BCUT2D eigenvalue weighted by molar-refractivity contribution is -0.129. The minimum atomic E-state index is -1.54. The van der Waals surface area contributed by atoms with E-state index >= 15 is 0 Å². The third kappa shape index (κ3) is 8.22. The van der Waals surface area contributed by atoms with Gasteiger partial charge in [-0.2, -0.15) is 0 Å². The van der Waals surface area contributed by atoms with Gasteiger partial charge in [-0.05, 0) is 53.4 Å². The Hall–Kier alpha value is -5.48. The quantitative estimate of drug-likeness (QED) is 0.0436. The Morgan fingerprint density at radius 2 is 1.79 bits per heavy atom. The van der Waals surface area contributed by atoms with Gasteiger partial charge in [-0.1, -0.05) is 90.1 Å². The monoisotopic (exact) mass is 634 g/mol. The molecule has 0 spiro atoms. The maximum absolute atomic E-state index is 14.3. The lowest BCUT2D eigenvalue weighted by atomic mass is 9.83. The largest absolute Gasteiger partial charge is 0.494 e. The number of azide groups is 1. The van der Waals surface area contributed by atoms with Gasteiger partial charge in [-0.3, -0.25) is 10.2 Å². The minimum absolute atomic E-state index is 0.0301. The van der Waals surface area contributed by atoms with Crippen molar-refractivity contribution in [1.29, 1.82) is 0 Å². The second-order valence-corrected chi connectivity index (χ2v) is 10.8. The van der Waals surface area contributed by atoms with Crippen molar-refractivity contribution < 1.29 is 23.8 Å². The number of aliphatic hydroxyl groups excluding tert-OH is 1. The number of hydrogen-bond donors (Lipinski definition) is 3. The van der Waals surface area contributed by atoms with Crippen LogP contribution in [0, 0.1) is 5.82 Å². The third-order valence-electron chi connectivity index (χ3n) is 7.62. The smallest absolute Gasteiger partial charge is 0.266 e. The molecule has 240 valence electrons. The molecule has 0 bridgehead atoms. The molecular weight excluding hydrogens is 599 g/mol. The molecular formula is C36H35FN6O4. The average molecular weight is 635 g/mol. The van der Waals surface area contributed by atoms with Crippen molar-refractivity contribution in [3.05, 3.63) is 148 Å². The van der Waals surface area contributed by atoms with Crippen molar-refractivity contribution >= 4 is 23.6 Å². The van der Waals surface area contributed by atoms with Crippen LogP contribution >= 0.6 is 0 Å². The molecule has 0 aliphatic carbocycles. The Balaban J connectivity index is 1.50. The highest BCUT2D eigenvalue weighted by Gasteiger charge is 2.53. The van der Waals surface area contributed by atoms with Gasteiger partial charge >= 0.3 is 0 Å². The zero-order valence-electron chi connectivity index (χ0n) is 25.6. The summed E-state index contributed by atoms with van der Waals surface area (Å²) in [5.74, 6) is 0.0340. The van der Waals surface area contributed by atoms with Gasteiger partial charge in [0.15, 0.2) is 11.6 Å². The molecule has 0 saturated carbocycles. The van der Waals surface area contributed by atoms with Crippen molar-refractivity contribution in [2.24, 2.45) is 10.1 Å². The normalized spacial score (nSPS) is 17.1. The van der Waals surface area contributed by atoms with Crippen molar-refractivity contribution in [2.45, 2.75) is 30.9 Å². The summed E-state index contributed by atoms with van der Waals surface area (Å²) in [6.45, 7) is 0.659. The standard InChI is InChI=1S/C36H35FN6O4/c37-31-15-6-4-13-27(31)21-23-39-42-35(45)36(22-8-12-26-10-2-1-3-11-26)33(30-14-5-7-16-32(30)41-43-38)47-34(40-36)28-17-19-29(20-18-28)46-25-9-24-44/h1-8,10-20,33,39,44H,9,21-25H2,(H,42,45)/b12-8+/t33-,36-/m0/s1. The van der Waals surface area contributed by atoms with Crippen molar-refractivity contribution in [1.82, 2.24) is 10.9 Å². The molecule has 5 rings (SSSR count). The van der Waals surface area contributed by atoms with Crippen LogP contribution in [0.2, 0.25) is 0 Å². The van der Waals surface area contributed by atoms with Gasteiger partial charge in [0.2, 0.25) is 5.90 Å². The summed E-state index contributed by atoms with van der Waals surface area (Å²) < 4.78 is 26.4. The molecule has 1 aliphatic heterocycles. The van der Waals surface area contributed by atoms with Crippen LogP contribution in [-0.4, -0.2) is 42.2 Å². The van der Waals surface area contributed by atoms with E-state index in [1.54, 1.807) is 66.7 Å². The fourth-order valence-corrected chi connectivity index (χ4v) is 5.23. The second-order valence-electron chi connectivity index (χ2n) is 10.8. The first-order valence-corrected chi connectivity index (χ1v) is 15.3. The number of benzene rings is 4. The number of nitrogens with one attached hydrogen (secondary N) is 2. The van der Waals surface area contributed by atoms with Crippen LogP contribution in [-0.2, 0) is 16.0 Å². The first-order chi connectivity index (χ1) is 23.0. The lowest BCUT2D eigenvalue weighted by Gasteiger charge is -2.30. The van der Waals surface area contributed by atoms with Crippen LogP contribution in [0.15, 0.2) is 119 Å². The van der Waals surface area contributed by atoms with E-state index in [9.17, 15) is 14.7 Å². The van der Waals surface area contributed by atoms with Crippen LogP contribution in [0.5, 0.6) is 5.75 Å². The Bertz CT molecular complexity index is 1760. The van der Waals surface area contributed by atoms with E-state index in [1.807, 2.05) is 42.5 Å². The summed E-state index contributed by atoms with van der Waals surface area (Å²) in [7, 11) is 0. The van der Waals surface area contributed by atoms with Crippen LogP contribution in [0.3, 0.4) is 0 Å². The number of aliphatic imine (C=N–C) groups is 1. The van der Waals surface area contributed by atoms with E-state index < -0.39 is 17.6 Å². The summed E-state index contributed by atoms with van der Waals surface area (Å²) in [6.07, 6.45) is 3.77. The van der Waals surface area contributed by atoms with E-state index in [-0.39, 0.29) is 31.3 Å². The van der Waals surface area contributed by atoms with Crippen LogP contribution < -0.4 is 15.6 Å². The molecule has 1 aliphatic rings. The Kier molecular flexibility index (Phi) is 11.3. The van der Waals surface area contributed by atoms with Crippen molar-refractivity contribution in [3.8, 4) is 5.75 Å². The maximum Gasteiger partial charge on any atom is 0.266 e. The van der Waals surface area contributed by atoms with Gasteiger partial charge in [-0.15, -0.1) is 0 Å². The summed E-state index contributed by atoms with van der Waals surface area (Å²) in [6, 6.07) is 30.2. The zero-order chi connectivity index (χ0) is 32.9. The number of aliphatic hydroxyl groups is 1. The number of carbonyl (C=O) groups excluding carboxylic acids is 1. The number of hydrazine groups is 1. The molecule has 2 atom stereocenters. The Morgan fingerprint density at radius 3 is 2.55 bits per heavy atom. The molecule has 0 fully saturated rings. The topological polar surface area (TPSA) is 141 Å². The summed E-state index contributed by atoms with van der Waals surface area (Å²) >= 11 is 0. The number of nitrogens with zero attached hydrogens (tertiary/aromatic N) is 4. The first-order valence-electron chi connectivity index (χ1n) is 15.3. The summed E-state index contributed by atoms with van der Waals surface area (Å²) in [5, 5.41) is 12.9. The molecule has 4 aromatic rings. The highest BCUT2D eigenvalue weighted by Crippen LogP contribution is 2.45. The van der Waals surface area contributed by atoms with Crippen molar-refractivity contribution in [2.75, 3.05) is 19.8 Å². The molecule has 11 heteroatoms. The molecule has 0 unspecified atom stereocenters. The highest BCUT2D eigenvalue weighted by molar-refractivity contribution is 6.01. The zero-order valence-corrected chi connectivity index (χ0v) is 25.6. The van der Waals surface area contributed by atoms with Gasteiger partial charge in [0.1, 0.15) is 11.6 Å². The SMILES string of the molecule is [N-]=[N+]=Nc1ccccc1[C@@H]1OC(c2ccc(OCCCO)cc2)=N[C@]1(C/C=C/c1ccccc1)C(=O)NNCCc1ccccc1F. The van der Waals surface area contributed by atoms with E-state index in [4.69, 9.17) is 19.6 Å². The summed E-state index contributed by atoms with van der Waals surface area (Å²) in [5.41, 5.74) is 16.4. The molecule has 0 saturated heterocycles. The maximum atomic E-state index is 14.3. The lowest BCUT2D eigenvalue weighted by Crippen LogP contribution is -2.52. The van der Waals surface area contributed by atoms with E-state index in [0.29, 0.717) is 47.6 Å². The van der Waals surface area contributed by atoms with Crippen LogP contribution in [0.4, 0.5) is 10.1 Å². The number of rotatable bonds is 15. The minimum Gasteiger partial charge on any atom is -0.494 e. The van der Waals surface area contributed by atoms with Gasteiger partial charge in [0.05, 0.1) is 6.61 Å². The predicted octanol–water partition coefficient (Wildman–Crippen LogP) is 6.75. The molecule has 0 aromatic heterocycles. The second kappa shape index (κ2) is 16.2. The van der Waals surface area contributed by atoms with E-state index in [1.165, 1.54) is 6.07 Å². The third-order valence-corrected chi connectivity index (χ3v) is 7.62. The van der Waals surface area contributed by atoms with Gasteiger partial charge in [0.25, 0.3) is 5.91 Å². The Labute approximate surface area is 272 Å². The molecule has 1 heterocycles. The Morgan fingerprint density at radius 1 is 1.04 bits per heavy atom. The van der Waals surface area contributed by atoms with Gasteiger partial charge in [0, 0.05) is 47.7 Å². The summed E-state index contributed by atoms with van der Waals surface area (Å²) in [4.78, 5) is 22.3. The fourth-order valence-electron chi connectivity index (χ4n) is 5.23. The van der Waals surface area contributed by atoms with Crippen LogP contribution in [0.25, 0.3) is 16.5 Å². The number of halogens is 1. The molecule has 4 aromatic carbocycles. The van der Waals surface area contributed by atoms with E-state index in [0.717, 1.165) is 5.56 Å². The number of ether oxygens (including phenoxy) is 2. The number of amides is 1. The van der Waals surface area contributed by atoms with Crippen LogP contribution in [0.1, 0.15) is 41.2 Å². The van der Waals surface area contributed by atoms with E-state index in [2.05, 4.69) is 20.9 Å². The number of carbonyl (C=O) groups is 1. The molecule has 10 nitrogen and oxygen atoms in total. The first kappa shape index (κ1) is 32.9. The molecule has 1 amide bonds. The molecule has 47 heavy (non-hydrogen) atoms. The molecule has 3 N–H and O–H groups in total.